The van der Waals surface area contributed by atoms with E-state index in [-0.39, 0.29) is 10.6 Å². The molecule has 0 saturated carbocycles. The van der Waals surface area contributed by atoms with E-state index in [1.54, 1.807) is 6.08 Å². The van der Waals surface area contributed by atoms with Gasteiger partial charge in [-0.2, -0.15) is 5.26 Å². The molecule has 0 unspecified atom stereocenters. The van der Waals surface area contributed by atoms with Crippen LogP contribution in [0.2, 0.25) is 0 Å². The average Bonchev–Trinajstić information content (AvgIpc) is 2.50. The molecule has 0 aliphatic rings. The summed E-state index contributed by atoms with van der Waals surface area (Å²) in [4.78, 5) is 0.0897. The Labute approximate surface area is 129 Å². The topological polar surface area (TPSA) is 59.0 Å². The Morgan fingerprint density at radius 2 is 2.10 bits per heavy atom. The van der Waals surface area contributed by atoms with Crippen molar-refractivity contribution in [2.75, 3.05) is 6.61 Å². The van der Waals surface area contributed by atoms with Gasteiger partial charge >= 0.3 is 0 Å². The van der Waals surface area contributed by atoms with Gasteiger partial charge in [0.15, 0.2) is 0 Å². The summed E-state index contributed by atoms with van der Waals surface area (Å²) in [6.45, 7) is 2.67. The molecule has 2 aromatic rings. The van der Waals surface area contributed by atoms with Crippen molar-refractivity contribution in [3.8, 4) is 11.8 Å². The number of nitrogens with zero attached hydrogens (tertiary/aromatic N) is 1. The minimum Gasteiger partial charge on any atom is -0.493 e. The maximum atomic E-state index is 9.17. The van der Waals surface area contributed by atoms with E-state index < -0.39 is 0 Å². The van der Waals surface area contributed by atoms with Crippen molar-refractivity contribution in [2.45, 2.75) is 13.3 Å². The molecule has 0 saturated heterocycles. The third kappa shape index (κ3) is 3.39. The highest BCUT2D eigenvalue weighted by Gasteiger charge is 2.09. The second-order valence-corrected chi connectivity index (χ2v) is 5.02. The van der Waals surface area contributed by atoms with Crippen LogP contribution in [0.3, 0.4) is 0 Å². The first-order valence-electron chi connectivity index (χ1n) is 6.73. The van der Waals surface area contributed by atoms with Crippen molar-refractivity contribution in [3.63, 3.8) is 0 Å². The SMILES string of the molecule is CCCOc1ccc2ccccc2c1/C=C(/C#N)C(N)=S. The lowest BCUT2D eigenvalue weighted by atomic mass is 10.0. The highest BCUT2D eigenvalue weighted by atomic mass is 32.1. The molecule has 106 valence electrons. The maximum Gasteiger partial charge on any atom is 0.127 e. The van der Waals surface area contributed by atoms with Crippen molar-refractivity contribution in [2.24, 2.45) is 5.73 Å². The fraction of sp³-hybridized carbons (Fsp3) is 0.176. The normalized spacial score (nSPS) is 11.1. The summed E-state index contributed by atoms with van der Waals surface area (Å²) in [7, 11) is 0. The summed E-state index contributed by atoms with van der Waals surface area (Å²) in [5.74, 6) is 0.736. The smallest absolute Gasteiger partial charge is 0.127 e. The van der Waals surface area contributed by atoms with E-state index in [0.29, 0.717) is 6.61 Å². The molecule has 2 N–H and O–H groups in total. The first-order valence-corrected chi connectivity index (χ1v) is 7.14. The van der Waals surface area contributed by atoms with Gasteiger partial charge in [-0.05, 0) is 29.3 Å². The fourth-order valence-electron chi connectivity index (χ4n) is 2.07. The summed E-state index contributed by atoms with van der Waals surface area (Å²) in [6, 6.07) is 13.9. The fourth-order valence-corrected chi connectivity index (χ4v) is 2.17. The summed E-state index contributed by atoms with van der Waals surface area (Å²) in [5, 5.41) is 11.3. The van der Waals surface area contributed by atoms with E-state index >= 15 is 0 Å². The number of fused-ring (bicyclic) bond motifs is 1. The van der Waals surface area contributed by atoms with Gasteiger partial charge in [-0.25, -0.2) is 0 Å². The van der Waals surface area contributed by atoms with Gasteiger partial charge in [0, 0.05) is 5.56 Å². The molecule has 0 heterocycles. The number of thiocarbonyl (C=S) groups is 1. The monoisotopic (exact) mass is 296 g/mol. The molecule has 0 aliphatic carbocycles. The first-order chi connectivity index (χ1) is 10.2. The van der Waals surface area contributed by atoms with Crippen molar-refractivity contribution in [1.29, 1.82) is 5.26 Å². The highest BCUT2D eigenvalue weighted by molar-refractivity contribution is 7.80. The van der Waals surface area contributed by atoms with Crippen LogP contribution in [0.15, 0.2) is 42.0 Å². The zero-order valence-electron chi connectivity index (χ0n) is 11.8. The number of nitrogens with two attached hydrogens (primary N) is 1. The van der Waals surface area contributed by atoms with E-state index in [2.05, 4.69) is 0 Å². The Bertz CT molecular complexity index is 744. The second-order valence-electron chi connectivity index (χ2n) is 4.58. The predicted octanol–water partition coefficient (Wildman–Crippen LogP) is 3.82. The van der Waals surface area contributed by atoms with Crippen molar-refractivity contribution in [1.82, 2.24) is 0 Å². The molecule has 0 amide bonds. The average molecular weight is 296 g/mol. The molecule has 3 nitrogen and oxygen atoms in total. The van der Waals surface area contributed by atoms with E-state index in [9.17, 15) is 5.26 Å². The molecule has 0 aliphatic heterocycles. The van der Waals surface area contributed by atoms with E-state index in [4.69, 9.17) is 22.7 Å². The largest absolute Gasteiger partial charge is 0.493 e. The molecule has 0 fully saturated rings. The lowest BCUT2D eigenvalue weighted by Gasteiger charge is -2.12. The third-order valence-electron chi connectivity index (χ3n) is 3.07. The molecule has 2 rings (SSSR count). The number of benzene rings is 2. The molecular weight excluding hydrogens is 280 g/mol. The van der Waals surface area contributed by atoms with Gasteiger partial charge in [0.1, 0.15) is 16.8 Å². The van der Waals surface area contributed by atoms with Gasteiger partial charge in [-0.3, -0.25) is 0 Å². The summed E-state index contributed by atoms with van der Waals surface area (Å²) in [6.07, 6.45) is 2.62. The van der Waals surface area contributed by atoms with Gasteiger partial charge in [-0.15, -0.1) is 0 Å². The minimum atomic E-state index is 0.0897. The number of hydrogen-bond acceptors (Lipinski definition) is 3. The van der Waals surface area contributed by atoms with Crippen LogP contribution in [-0.4, -0.2) is 11.6 Å². The number of hydrogen-bond donors (Lipinski definition) is 1. The van der Waals surface area contributed by atoms with Crippen molar-refractivity contribution >= 4 is 34.1 Å². The zero-order valence-corrected chi connectivity index (χ0v) is 12.6. The van der Waals surface area contributed by atoms with Crippen molar-refractivity contribution in [3.05, 3.63) is 47.5 Å². The summed E-state index contributed by atoms with van der Waals surface area (Å²) >= 11 is 4.91. The summed E-state index contributed by atoms with van der Waals surface area (Å²) in [5.41, 5.74) is 6.71. The summed E-state index contributed by atoms with van der Waals surface area (Å²) < 4.78 is 5.78. The van der Waals surface area contributed by atoms with Crippen LogP contribution in [0.5, 0.6) is 5.75 Å². The van der Waals surface area contributed by atoms with Gasteiger partial charge in [0.25, 0.3) is 0 Å². The Morgan fingerprint density at radius 1 is 1.33 bits per heavy atom. The van der Waals surface area contributed by atoms with Crippen LogP contribution in [0, 0.1) is 11.3 Å². The Balaban J connectivity index is 2.66. The molecule has 0 spiro atoms. The molecule has 0 atom stereocenters. The van der Waals surface area contributed by atoms with E-state index in [0.717, 1.165) is 28.5 Å². The Kier molecular flexibility index (Phi) is 4.91. The second kappa shape index (κ2) is 6.87. The van der Waals surface area contributed by atoms with Crippen molar-refractivity contribution < 1.29 is 4.74 Å². The minimum absolute atomic E-state index is 0.0897. The molecule has 2 aromatic carbocycles. The number of nitriles is 1. The van der Waals surface area contributed by atoms with Crippen LogP contribution in [0.1, 0.15) is 18.9 Å². The zero-order chi connectivity index (χ0) is 15.2. The van der Waals surface area contributed by atoms with Crippen LogP contribution in [0.25, 0.3) is 16.8 Å². The quantitative estimate of drug-likeness (QED) is 0.517. The Hall–Kier alpha value is -2.38. The maximum absolute atomic E-state index is 9.17. The number of ether oxygens (including phenoxy) is 1. The molecule has 0 radical (unpaired) electrons. The lowest BCUT2D eigenvalue weighted by molar-refractivity contribution is 0.317. The highest BCUT2D eigenvalue weighted by Crippen LogP contribution is 2.30. The first kappa shape index (κ1) is 15.0. The lowest BCUT2D eigenvalue weighted by Crippen LogP contribution is -2.10. The molecular formula is C17H16N2OS. The van der Waals surface area contributed by atoms with Gasteiger partial charge in [-0.1, -0.05) is 49.5 Å². The van der Waals surface area contributed by atoms with E-state index in [1.165, 1.54) is 0 Å². The molecule has 0 bridgehead atoms. The third-order valence-corrected chi connectivity index (χ3v) is 3.29. The van der Waals surface area contributed by atoms with Gasteiger partial charge in [0.05, 0.1) is 12.2 Å². The van der Waals surface area contributed by atoms with Gasteiger partial charge < -0.3 is 10.5 Å². The molecule has 21 heavy (non-hydrogen) atoms. The van der Waals surface area contributed by atoms with Gasteiger partial charge in [0.2, 0.25) is 0 Å². The predicted molar refractivity (Wildman–Crippen MR) is 90.1 cm³/mol. The van der Waals surface area contributed by atoms with Crippen LogP contribution in [-0.2, 0) is 0 Å². The van der Waals surface area contributed by atoms with Crippen LogP contribution < -0.4 is 10.5 Å². The molecule has 4 heteroatoms. The Morgan fingerprint density at radius 3 is 2.76 bits per heavy atom. The van der Waals surface area contributed by atoms with E-state index in [1.807, 2.05) is 49.4 Å². The standard InChI is InChI=1S/C17H16N2OS/c1-2-9-20-16-8-7-12-5-3-4-6-14(12)15(16)10-13(11-18)17(19)21/h3-8,10H,2,9H2,1H3,(H2,19,21)/b13-10-. The van der Waals surface area contributed by atoms with Crippen LogP contribution >= 0.6 is 12.2 Å². The molecule has 0 aromatic heterocycles. The number of rotatable bonds is 5. The van der Waals surface area contributed by atoms with Crippen LogP contribution in [0.4, 0.5) is 0 Å².